The van der Waals surface area contributed by atoms with Gasteiger partial charge in [0.25, 0.3) is 0 Å². The first kappa shape index (κ1) is 21.7. The van der Waals surface area contributed by atoms with Crippen LogP contribution in [0.2, 0.25) is 0 Å². The van der Waals surface area contributed by atoms with Crippen molar-refractivity contribution in [3.8, 4) is 0 Å². The molecule has 158 valence electrons. The molecule has 1 fully saturated rings. The van der Waals surface area contributed by atoms with Gasteiger partial charge in [-0.15, -0.1) is 0 Å². The molecule has 0 radical (unpaired) electrons. The highest BCUT2D eigenvalue weighted by Crippen LogP contribution is 2.23. The smallest absolute Gasteiger partial charge is 0.224 e. The van der Waals surface area contributed by atoms with E-state index in [4.69, 9.17) is 4.74 Å². The third kappa shape index (κ3) is 5.12. The molecule has 7 nitrogen and oxygen atoms in total. The van der Waals surface area contributed by atoms with Crippen LogP contribution in [0.1, 0.15) is 30.7 Å². The molecule has 1 aliphatic rings. The highest BCUT2D eigenvalue weighted by molar-refractivity contribution is 7.89. The summed E-state index contributed by atoms with van der Waals surface area (Å²) < 4.78 is 32.2. The minimum atomic E-state index is -3.44. The Morgan fingerprint density at radius 3 is 2.55 bits per heavy atom. The zero-order valence-corrected chi connectivity index (χ0v) is 18.3. The van der Waals surface area contributed by atoms with Crippen molar-refractivity contribution < 1.29 is 17.9 Å². The molecule has 1 saturated heterocycles. The molecular formula is C21H29N3O4S. The van der Waals surface area contributed by atoms with E-state index in [1.165, 1.54) is 4.31 Å². The van der Waals surface area contributed by atoms with Crippen molar-refractivity contribution in [1.82, 2.24) is 14.6 Å². The van der Waals surface area contributed by atoms with Crippen LogP contribution in [0.4, 0.5) is 0 Å². The fourth-order valence-corrected chi connectivity index (χ4v) is 5.35. The number of carbonyl (C=O) groups excluding carboxylic acids is 1. The second kappa shape index (κ2) is 8.77. The molecule has 1 aromatic carbocycles. The van der Waals surface area contributed by atoms with Gasteiger partial charge in [0.2, 0.25) is 15.9 Å². The predicted octanol–water partition coefficient (Wildman–Crippen LogP) is 1.95. The fraction of sp³-hybridized carbons (Fsp3) is 0.524. The van der Waals surface area contributed by atoms with Crippen molar-refractivity contribution in [3.05, 3.63) is 41.1 Å². The minimum Gasteiger partial charge on any atom is -0.373 e. The summed E-state index contributed by atoms with van der Waals surface area (Å²) in [4.78, 5) is 17.0. The van der Waals surface area contributed by atoms with E-state index < -0.39 is 10.0 Å². The summed E-state index contributed by atoms with van der Waals surface area (Å²) in [5, 5.41) is 3.77. The van der Waals surface area contributed by atoms with E-state index in [0.717, 1.165) is 27.7 Å². The molecule has 0 aliphatic carbocycles. The Morgan fingerprint density at radius 1 is 1.21 bits per heavy atom. The monoisotopic (exact) mass is 419 g/mol. The maximum atomic E-state index is 12.6. The molecule has 0 bridgehead atoms. The van der Waals surface area contributed by atoms with Crippen LogP contribution in [0.15, 0.2) is 24.3 Å². The van der Waals surface area contributed by atoms with Crippen molar-refractivity contribution in [3.63, 3.8) is 0 Å². The van der Waals surface area contributed by atoms with Gasteiger partial charge >= 0.3 is 0 Å². The van der Waals surface area contributed by atoms with E-state index in [0.29, 0.717) is 13.1 Å². The number of hydrogen-bond donors (Lipinski definition) is 1. The molecule has 2 aromatic rings. The van der Waals surface area contributed by atoms with E-state index >= 15 is 0 Å². The molecule has 1 amide bonds. The number of nitrogens with zero attached hydrogens (tertiary/aromatic N) is 2. The number of aryl methyl sites for hydroxylation is 2. The van der Waals surface area contributed by atoms with Crippen LogP contribution < -0.4 is 5.32 Å². The topological polar surface area (TPSA) is 88.6 Å². The van der Waals surface area contributed by atoms with Gasteiger partial charge in [0.1, 0.15) is 0 Å². The SMILES string of the molecule is Cc1nc2ccccc2c(C)c1CC(=O)NCCS(=O)(=O)N1CC(C)OC(C)C1. The Bertz CT molecular complexity index is 996. The van der Waals surface area contributed by atoms with Crippen molar-refractivity contribution in [2.75, 3.05) is 25.4 Å². The number of hydrogen-bond acceptors (Lipinski definition) is 5. The van der Waals surface area contributed by atoms with E-state index in [1.54, 1.807) is 0 Å². The quantitative estimate of drug-likeness (QED) is 0.773. The number of aromatic nitrogens is 1. The van der Waals surface area contributed by atoms with Gasteiger partial charge in [-0.1, -0.05) is 18.2 Å². The van der Waals surface area contributed by atoms with Gasteiger partial charge in [-0.05, 0) is 44.9 Å². The second-order valence-corrected chi connectivity index (χ2v) is 9.82. The number of amides is 1. The summed E-state index contributed by atoms with van der Waals surface area (Å²) in [6.45, 7) is 8.40. The Morgan fingerprint density at radius 2 is 1.86 bits per heavy atom. The highest BCUT2D eigenvalue weighted by Gasteiger charge is 2.30. The lowest BCUT2D eigenvalue weighted by Crippen LogP contribution is -2.49. The number of morpholine rings is 1. The first-order valence-electron chi connectivity index (χ1n) is 9.92. The van der Waals surface area contributed by atoms with Gasteiger partial charge in [-0.2, -0.15) is 4.31 Å². The molecule has 2 atom stereocenters. The molecule has 1 aromatic heterocycles. The normalized spacial score (nSPS) is 20.7. The van der Waals surface area contributed by atoms with Gasteiger partial charge in [0, 0.05) is 30.7 Å². The number of nitrogens with one attached hydrogen (secondary N) is 1. The van der Waals surface area contributed by atoms with Gasteiger partial charge in [-0.25, -0.2) is 8.42 Å². The zero-order chi connectivity index (χ0) is 21.2. The molecule has 0 spiro atoms. The molecule has 29 heavy (non-hydrogen) atoms. The maximum absolute atomic E-state index is 12.6. The Hall–Kier alpha value is -2.03. The number of para-hydroxylation sites is 1. The molecule has 8 heteroatoms. The van der Waals surface area contributed by atoms with E-state index in [9.17, 15) is 13.2 Å². The Labute approximate surface area is 172 Å². The van der Waals surface area contributed by atoms with E-state index in [1.807, 2.05) is 52.0 Å². The lowest BCUT2D eigenvalue weighted by molar-refractivity contribution is -0.120. The average molecular weight is 420 g/mol. The summed E-state index contributed by atoms with van der Waals surface area (Å²) in [5.74, 6) is -0.321. The summed E-state index contributed by atoms with van der Waals surface area (Å²) in [7, 11) is -3.44. The van der Waals surface area contributed by atoms with Crippen molar-refractivity contribution in [1.29, 1.82) is 0 Å². The van der Waals surface area contributed by atoms with Crippen molar-refractivity contribution in [2.24, 2.45) is 0 Å². The molecular weight excluding hydrogens is 390 g/mol. The molecule has 1 aliphatic heterocycles. The van der Waals surface area contributed by atoms with Crippen molar-refractivity contribution >= 4 is 26.8 Å². The van der Waals surface area contributed by atoms with Crippen molar-refractivity contribution in [2.45, 2.75) is 46.3 Å². The molecule has 0 saturated carbocycles. The molecule has 3 rings (SSSR count). The summed E-state index contributed by atoms with van der Waals surface area (Å²) >= 11 is 0. The van der Waals surface area contributed by atoms with Gasteiger partial charge in [0.05, 0.1) is 29.9 Å². The summed E-state index contributed by atoms with van der Waals surface area (Å²) in [6.07, 6.45) is -0.0785. The van der Waals surface area contributed by atoms with E-state index in [2.05, 4.69) is 10.3 Å². The number of carbonyl (C=O) groups is 1. The number of fused-ring (bicyclic) bond motifs is 1. The Balaban J connectivity index is 1.60. The largest absolute Gasteiger partial charge is 0.373 e. The standard InChI is InChI=1S/C21H29N3O4S/c1-14-12-24(13-15(2)28-14)29(26,27)10-9-22-21(25)11-19-16(3)18-7-5-6-8-20(18)23-17(19)4/h5-8,14-15H,9-13H2,1-4H3,(H,22,25). The van der Waals surface area contributed by atoms with Gasteiger partial charge < -0.3 is 10.1 Å². The first-order chi connectivity index (χ1) is 13.7. The van der Waals surface area contributed by atoms with Crippen LogP contribution >= 0.6 is 0 Å². The van der Waals surface area contributed by atoms with Crippen LogP contribution in [0, 0.1) is 13.8 Å². The van der Waals surface area contributed by atoms with Gasteiger partial charge in [0.15, 0.2) is 0 Å². The van der Waals surface area contributed by atoms with Crippen LogP contribution in [0.3, 0.4) is 0 Å². The van der Waals surface area contributed by atoms with E-state index in [-0.39, 0.29) is 36.8 Å². The molecule has 1 N–H and O–H groups in total. The zero-order valence-electron chi connectivity index (χ0n) is 17.4. The molecule has 2 unspecified atom stereocenters. The number of ether oxygens (including phenoxy) is 1. The summed E-state index contributed by atoms with van der Waals surface area (Å²) in [6, 6.07) is 7.85. The lowest BCUT2D eigenvalue weighted by atomic mass is 9.99. The number of pyridine rings is 1. The average Bonchev–Trinajstić information content (AvgIpc) is 2.64. The van der Waals surface area contributed by atoms with Crippen LogP contribution in [-0.4, -0.2) is 61.2 Å². The number of sulfonamides is 1. The maximum Gasteiger partial charge on any atom is 0.224 e. The fourth-order valence-electron chi connectivity index (χ4n) is 3.86. The molecule has 2 heterocycles. The number of benzene rings is 1. The Kier molecular flexibility index (Phi) is 6.55. The van der Waals surface area contributed by atoms with Crippen LogP contribution in [-0.2, 0) is 26.0 Å². The van der Waals surface area contributed by atoms with Crippen LogP contribution in [0.25, 0.3) is 10.9 Å². The van der Waals surface area contributed by atoms with Crippen LogP contribution in [0.5, 0.6) is 0 Å². The third-order valence-corrected chi connectivity index (χ3v) is 7.09. The highest BCUT2D eigenvalue weighted by atomic mass is 32.2. The second-order valence-electron chi connectivity index (χ2n) is 7.73. The predicted molar refractivity (Wildman–Crippen MR) is 113 cm³/mol. The minimum absolute atomic E-state index is 0.0837. The lowest BCUT2D eigenvalue weighted by Gasteiger charge is -2.34. The summed E-state index contributed by atoms with van der Waals surface area (Å²) in [5.41, 5.74) is 3.65. The first-order valence-corrected chi connectivity index (χ1v) is 11.5. The third-order valence-electron chi connectivity index (χ3n) is 5.28. The van der Waals surface area contributed by atoms with Gasteiger partial charge in [-0.3, -0.25) is 9.78 Å². The number of rotatable bonds is 6.